The normalized spacial score (nSPS) is 19.6. The Morgan fingerprint density at radius 2 is 2.19 bits per heavy atom. The van der Waals surface area contributed by atoms with Crippen molar-refractivity contribution in [3.63, 3.8) is 0 Å². The predicted octanol–water partition coefficient (Wildman–Crippen LogP) is 2.74. The molecule has 1 saturated heterocycles. The van der Waals surface area contributed by atoms with Crippen molar-refractivity contribution in [3.05, 3.63) is 35.4 Å². The molecule has 1 aromatic rings. The Kier molecular flexibility index (Phi) is 6.21. The minimum absolute atomic E-state index is 0.398. The molecule has 1 aliphatic heterocycles. The van der Waals surface area contributed by atoms with Crippen LogP contribution >= 0.6 is 0 Å². The zero-order valence-electron chi connectivity index (χ0n) is 12.8. The van der Waals surface area contributed by atoms with E-state index in [0.29, 0.717) is 18.2 Å². The average Bonchev–Trinajstić information content (AvgIpc) is 2.49. The average molecular weight is 290 g/mol. The van der Waals surface area contributed by atoms with Crippen LogP contribution in [-0.4, -0.2) is 41.7 Å². The zero-order valence-corrected chi connectivity index (χ0v) is 12.8. The number of likely N-dealkylation sites (tertiary alicyclic amines) is 1. The Morgan fingerprint density at radius 1 is 1.38 bits per heavy atom. The van der Waals surface area contributed by atoms with Crippen LogP contribution in [0.4, 0.5) is 0 Å². The zero-order chi connectivity index (χ0) is 15.1. The van der Waals surface area contributed by atoms with Gasteiger partial charge in [-0.1, -0.05) is 24.6 Å². The number of benzene rings is 1. The maximum Gasteiger partial charge on any atom is 0.336 e. The fourth-order valence-corrected chi connectivity index (χ4v) is 3.00. The molecule has 2 rings (SSSR count). The van der Waals surface area contributed by atoms with Crippen LogP contribution in [0.2, 0.25) is 0 Å². The number of aromatic carboxylic acids is 1. The second-order valence-corrected chi connectivity index (χ2v) is 5.87. The molecule has 0 aromatic heterocycles. The van der Waals surface area contributed by atoms with Gasteiger partial charge in [0, 0.05) is 12.6 Å². The maximum atomic E-state index is 11.1. The van der Waals surface area contributed by atoms with Gasteiger partial charge in [-0.2, -0.15) is 0 Å². The van der Waals surface area contributed by atoms with Gasteiger partial charge in [-0.3, -0.25) is 0 Å². The first-order valence-electron chi connectivity index (χ1n) is 7.94. The topological polar surface area (TPSA) is 52.6 Å². The fourth-order valence-electron chi connectivity index (χ4n) is 3.00. The molecule has 1 atom stereocenters. The maximum absolute atomic E-state index is 11.1. The predicted molar refractivity (Wildman–Crippen MR) is 84.6 cm³/mol. The summed E-state index contributed by atoms with van der Waals surface area (Å²) in [6.07, 6.45) is 5.12. The number of rotatable bonds is 7. The highest BCUT2D eigenvalue weighted by atomic mass is 16.4. The van der Waals surface area contributed by atoms with Crippen LogP contribution in [0.5, 0.6) is 0 Å². The highest BCUT2D eigenvalue weighted by Gasteiger charge is 2.17. The molecular weight excluding hydrogens is 264 g/mol. The van der Waals surface area contributed by atoms with Gasteiger partial charge in [0.25, 0.3) is 0 Å². The van der Waals surface area contributed by atoms with Crippen molar-refractivity contribution < 1.29 is 9.90 Å². The van der Waals surface area contributed by atoms with Gasteiger partial charge >= 0.3 is 5.97 Å². The van der Waals surface area contributed by atoms with Crippen molar-refractivity contribution in [3.8, 4) is 0 Å². The van der Waals surface area contributed by atoms with E-state index >= 15 is 0 Å². The number of hydrogen-bond donors (Lipinski definition) is 2. The third-order valence-electron chi connectivity index (χ3n) is 4.30. The van der Waals surface area contributed by atoms with E-state index in [4.69, 9.17) is 5.11 Å². The van der Waals surface area contributed by atoms with Crippen LogP contribution in [0.3, 0.4) is 0 Å². The lowest BCUT2D eigenvalue weighted by atomic mass is 10.0. The van der Waals surface area contributed by atoms with Gasteiger partial charge in [-0.05, 0) is 57.5 Å². The molecule has 4 heteroatoms. The quantitative estimate of drug-likeness (QED) is 0.758. The van der Waals surface area contributed by atoms with Gasteiger partial charge in [-0.25, -0.2) is 4.79 Å². The summed E-state index contributed by atoms with van der Waals surface area (Å²) in [5.74, 6) is -0.852. The van der Waals surface area contributed by atoms with Crippen LogP contribution in [0.15, 0.2) is 24.3 Å². The van der Waals surface area contributed by atoms with Gasteiger partial charge < -0.3 is 15.3 Å². The third kappa shape index (κ3) is 4.83. The SMILES string of the molecule is CC1CCCCN1CCCNCc1ccccc1C(=O)O. The van der Waals surface area contributed by atoms with Gasteiger partial charge in [-0.15, -0.1) is 0 Å². The highest BCUT2D eigenvalue weighted by molar-refractivity contribution is 5.89. The van der Waals surface area contributed by atoms with Crippen molar-refractivity contribution >= 4 is 5.97 Å². The number of nitrogens with one attached hydrogen (secondary N) is 1. The molecule has 4 nitrogen and oxygen atoms in total. The number of piperidine rings is 1. The Labute approximate surface area is 127 Å². The van der Waals surface area contributed by atoms with E-state index in [1.54, 1.807) is 12.1 Å². The van der Waals surface area contributed by atoms with E-state index in [0.717, 1.165) is 25.1 Å². The smallest absolute Gasteiger partial charge is 0.336 e. The minimum atomic E-state index is -0.852. The first-order valence-corrected chi connectivity index (χ1v) is 7.94. The van der Waals surface area contributed by atoms with Gasteiger partial charge in [0.1, 0.15) is 0 Å². The number of carboxylic acids is 1. The van der Waals surface area contributed by atoms with E-state index in [-0.39, 0.29) is 0 Å². The van der Waals surface area contributed by atoms with Gasteiger partial charge in [0.2, 0.25) is 0 Å². The summed E-state index contributed by atoms with van der Waals surface area (Å²) in [5, 5.41) is 12.5. The molecule has 1 fully saturated rings. The summed E-state index contributed by atoms with van der Waals surface area (Å²) < 4.78 is 0. The standard InChI is InChI=1S/C17H26N2O2/c1-14-7-4-5-11-19(14)12-6-10-18-13-15-8-2-3-9-16(15)17(20)21/h2-3,8-9,14,18H,4-7,10-13H2,1H3,(H,20,21). The molecule has 0 bridgehead atoms. The molecule has 0 radical (unpaired) electrons. The number of nitrogens with zero attached hydrogens (tertiary/aromatic N) is 1. The largest absolute Gasteiger partial charge is 0.478 e. The molecule has 116 valence electrons. The van der Waals surface area contributed by atoms with Gasteiger partial charge in [0.15, 0.2) is 0 Å². The first-order chi connectivity index (χ1) is 10.2. The number of carbonyl (C=O) groups is 1. The molecule has 0 saturated carbocycles. The summed E-state index contributed by atoms with van der Waals surface area (Å²) in [6.45, 7) is 6.22. The van der Waals surface area contributed by atoms with E-state index in [9.17, 15) is 4.79 Å². The molecule has 1 unspecified atom stereocenters. The summed E-state index contributed by atoms with van der Waals surface area (Å²) in [5.41, 5.74) is 1.26. The number of carboxylic acid groups (broad SMARTS) is 1. The van der Waals surface area contributed by atoms with Crippen molar-refractivity contribution in [1.29, 1.82) is 0 Å². The lowest BCUT2D eigenvalue weighted by Crippen LogP contribution is -2.38. The van der Waals surface area contributed by atoms with E-state index in [2.05, 4.69) is 17.1 Å². The third-order valence-corrected chi connectivity index (χ3v) is 4.30. The number of hydrogen-bond acceptors (Lipinski definition) is 3. The monoisotopic (exact) mass is 290 g/mol. The second-order valence-electron chi connectivity index (χ2n) is 5.87. The fraction of sp³-hybridized carbons (Fsp3) is 0.588. The summed E-state index contributed by atoms with van der Waals surface area (Å²) in [4.78, 5) is 13.7. The lowest BCUT2D eigenvalue weighted by molar-refractivity contribution is 0.0695. The summed E-state index contributed by atoms with van der Waals surface area (Å²) in [6, 6.07) is 7.91. The molecule has 21 heavy (non-hydrogen) atoms. The van der Waals surface area contributed by atoms with Crippen molar-refractivity contribution in [1.82, 2.24) is 10.2 Å². The minimum Gasteiger partial charge on any atom is -0.478 e. The molecule has 0 amide bonds. The van der Waals surface area contributed by atoms with Crippen LogP contribution < -0.4 is 5.32 Å². The lowest BCUT2D eigenvalue weighted by Gasteiger charge is -2.33. The molecule has 0 spiro atoms. The van der Waals surface area contributed by atoms with E-state index in [1.165, 1.54) is 25.8 Å². The molecular formula is C17H26N2O2. The summed E-state index contributed by atoms with van der Waals surface area (Å²) in [7, 11) is 0. The molecule has 1 aromatic carbocycles. The van der Waals surface area contributed by atoms with Crippen LogP contribution in [-0.2, 0) is 6.54 Å². The summed E-state index contributed by atoms with van der Waals surface area (Å²) >= 11 is 0. The van der Waals surface area contributed by atoms with Crippen LogP contribution in [0, 0.1) is 0 Å². The van der Waals surface area contributed by atoms with Crippen molar-refractivity contribution in [2.24, 2.45) is 0 Å². The molecule has 1 aliphatic rings. The molecule has 2 N–H and O–H groups in total. The van der Waals surface area contributed by atoms with Crippen molar-refractivity contribution in [2.45, 2.75) is 45.2 Å². The Bertz CT molecular complexity index is 462. The van der Waals surface area contributed by atoms with E-state index in [1.807, 2.05) is 12.1 Å². The van der Waals surface area contributed by atoms with Gasteiger partial charge in [0.05, 0.1) is 5.56 Å². The Balaban J connectivity index is 1.69. The molecule has 0 aliphatic carbocycles. The van der Waals surface area contributed by atoms with Crippen LogP contribution in [0.25, 0.3) is 0 Å². The highest BCUT2D eigenvalue weighted by Crippen LogP contribution is 2.16. The van der Waals surface area contributed by atoms with Crippen LogP contribution in [0.1, 0.15) is 48.5 Å². The second kappa shape index (κ2) is 8.15. The van der Waals surface area contributed by atoms with E-state index < -0.39 is 5.97 Å². The molecule has 1 heterocycles. The first kappa shape index (κ1) is 16.0. The Hall–Kier alpha value is -1.39. The Morgan fingerprint density at radius 3 is 2.95 bits per heavy atom. The van der Waals surface area contributed by atoms with Crippen molar-refractivity contribution in [2.75, 3.05) is 19.6 Å².